The molecule has 3 rings (SSSR count). The van der Waals surface area contributed by atoms with E-state index < -0.39 is 6.09 Å². The number of nitrogens with two attached hydrogens (primary N) is 1. The first-order chi connectivity index (χ1) is 14.3. The summed E-state index contributed by atoms with van der Waals surface area (Å²) < 4.78 is 11.2. The van der Waals surface area contributed by atoms with Gasteiger partial charge in [0.15, 0.2) is 0 Å². The van der Waals surface area contributed by atoms with Crippen LogP contribution >= 0.6 is 0 Å². The van der Waals surface area contributed by atoms with E-state index in [1.54, 1.807) is 0 Å². The molecule has 150 valence electrons. The lowest BCUT2D eigenvalue weighted by Crippen LogP contribution is -2.26. The van der Waals surface area contributed by atoms with Gasteiger partial charge in [-0.3, -0.25) is 0 Å². The molecule has 0 heterocycles. The predicted octanol–water partition coefficient (Wildman–Crippen LogP) is 4.51. The Morgan fingerprint density at radius 2 is 1.62 bits per heavy atom. The predicted molar refractivity (Wildman–Crippen MR) is 115 cm³/mol. The Kier molecular flexibility index (Phi) is 7.66. The fourth-order valence-electron chi connectivity index (χ4n) is 2.89. The second-order valence-electron chi connectivity index (χ2n) is 6.59. The topological polar surface area (TPSA) is 73.6 Å². The lowest BCUT2D eigenvalue weighted by atomic mass is 10.0. The standard InChI is InChI=1S/C24H26N2O3/c25-17-20-12-13-22(21-10-5-2-6-11-21)23(16-20)28-15-7-14-26-24(27)29-18-19-8-3-1-4-9-19/h1-6,8-13,16H,7,14-15,17-18,25H2,(H,26,27). The molecular formula is C24H26N2O3. The van der Waals surface area contributed by atoms with Gasteiger partial charge in [-0.25, -0.2) is 4.79 Å². The third kappa shape index (κ3) is 6.36. The number of nitrogens with one attached hydrogen (secondary N) is 1. The van der Waals surface area contributed by atoms with Crippen LogP contribution in [-0.2, 0) is 17.9 Å². The molecule has 0 saturated carbocycles. The largest absolute Gasteiger partial charge is 0.493 e. The smallest absolute Gasteiger partial charge is 0.407 e. The van der Waals surface area contributed by atoms with Crippen molar-refractivity contribution in [1.82, 2.24) is 5.32 Å². The number of benzene rings is 3. The van der Waals surface area contributed by atoms with E-state index >= 15 is 0 Å². The summed E-state index contributed by atoms with van der Waals surface area (Å²) in [5.74, 6) is 0.797. The average Bonchev–Trinajstić information content (AvgIpc) is 2.78. The van der Waals surface area contributed by atoms with E-state index in [1.165, 1.54) is 0 Å². The minimum Gasteiger partial charge on any atom is -0.493 e. The van der Waals surface area contributed by atoms with Crippen molar-refractivity contribution in [2.75, 3.05) is 13.2 Å². The van der Waals surface area contributed by atoms with Gasteiger partial charge in [0, 0.05) is 18.7 Å². The number of carbonyl (C=O) groups excluding carboxylic acids is 1. The molecule has 3 aromatic carbocycles. The molecule has 0 aliphatic rings. The summed E-state index contributed by atoms with van der Waals surface area (Å²) in [6.45, 7) is 1.67. The summed E-state index contributed by atoms with van der Waals surface area (Å²) in [7, 11) is 0. The molecule has 3 N–H and O–H groups in total. The van der Waals surface area contributed by atoms with Crippen molar-refractivity contribution >= 4 is 6.09 Å². The molecule has 0 bridgehead atoms. The number of hydrogen-bond donors (Lipinski definition) is 2. The quantitative estimate of drug-likeness (QED) is 0.527. The van der Waals surface area contributed by atoms with E-state index in [1.807, 2.05) is 66.7 Å². The highest BCUT2D eigenvalue weighted by atomic mass is 16.5. The molecule has 0 radical (unpaired) electrons. The van der Waals surface area contributed by atoms with Gasteiger partial charge in [-0.15, -0.1) is 0 Å². The molecule has 3 aromatic rings. The molecule has 1 amide bonds. The second kappa shape index (κ2) is 10.9. The molecule has 0 aliphatic heterocycles. The van der Waals surface area contributed by atoms with Gasteiger partial charge in [-0.05, 0) is 29.2 Å². The maximum absolute atomic E-state index is 11.8. The molecule has 5 heteroatoms. The van der Waals surface area contributed by atoms with Crippen molar-refractivity contribution in [3.05, 3.63) is 90.0 Å². The number of carbonyl (C=O) groups is 1. The highest BCUT2D eigenvalue weighted by Crippen LogP contribution is 2.31. The van der Waals surface area contributed by atoms with E-state index in [0.717, 1.165) is 28.0 Å². The lowest BCUT2D eigenvalue weighted by molar-refractivity contribution is 0.139. The van der Waals surface area contributed by atoms with E-state index in [-0.39, 0.29) is 6.61 Å². The summed E-state index contributed by atoms with van der Waals surface area (Å²) in [4.78, 5) is 11.8. The Morgan fingerprint density at radius 1 is 0.897 bits per heavy atom. The first-order valence-corrected chi connectivity index (χ1v) is 9.72. The fourth-order valence-corrected chi connectivity index (χ4v) is 2.89. The van der Waals surface area contributed by atoms with Gasteiger partial charge in [0.05, 0.1) is 6.61 Å². The monoisotopic (exact) mass is 390 g/mol. The normalized spacial score (nSPS) is 10.4. The van der Waals surface area contributed by atoms with Crippen molar-refractivity contribution in [1.29, 1.82) is 0 Å². The van der Waals surface area contributed by atoms with Crippen molar-refractivity contribution in [3.63, 3.8) is 0 Å². The van der Waals surface area contributed by atoms with Crippen molar-refractivity contribution in [3.8, 4) is 16.9 Å². The van der Waals surface area contributed by atoms with Gasteiger partial charge in [0.25, 0.3) is 0 Å². The Morgan fingerprint density at radius 3 is 2.34 bits per heavy atom. The minimum atomic E-state index is -0.427. The van der Waals surface area contributed by atoms with E-state index in [2.05, 4.69) is 17.4 Å². The fraction of sp³-hybridized carbons (Fsp3) is 0.208. The molecule has 0 atom stereocenters. The van der Waals surface area contributed by atoms with E-state index in [9.17, 15) is 4.79 Å². The molecule has 0 saturated heterocycles. The van der Waals surface area contributed by atoms with Gasteiger partial charge in [0.1, 0.15) is 12.4 Å². The average molecular weight is 390 g/mol. The molecule has 0 aliphatic carbocycles. The highest BCUT2D eigenvalue weighted by Gasteiger charge is 2.08. The Hall–Kier alpha value is -3.31. The number of alkyl carbamates (subject to hydrolysis) is 1. The van der Waals surface area contributed by atoms with Crippen LogP contribution in [0.5, 0.6) is 5.75 Å². The third-order valence-electron chi connectivity index (χ3n) is 4.43. The Labute approximate surface area is 171 Å². The lowest BCUT2D eigenvalue weighted by Gasteiger charge is -2.13. The summed E-state index contributed by atoms with van der Waals surface area (Å²) in [6, 6.07) is 25.7. The SMILES string of the molecule is NCc1ccc(-c2ccccc2)c(OCCCNC(=O)OCc2ccccc2)c1. The van der Waals surface area contributed by atoms with Gasteiger partial charge in [-0.1, -0.05) is 72.8 Å². The highest BCUT2D eigenvalue weighted by molar-refractivity contribution is 5.71. The van der Waals surface area contributed by atoms with E-state index in [0.29, 0.717) is 26.1 Å². The van der Waals surface area contributed by atoms with Crippen molar-refractivity contribution in [2.24, 2.45) is 5.73 Å². The summed E-state index contributed by atoms with van der Waals surface area (Å²) in [5.41, 5.74) is 9.86. The van der Waals surface area contributed by atoms with Crippen LogP contribution in [-0.4, -0.2) is 19.2 Å². The molecule has 0 unspecified atom stereocenters. The number of ether oxygens (including phenoxy) is 2. The molecule has 0 spiro atoms. The van der Waals surface area contributed by atoms with Crippen LogP contribution in [0.3, 0.4) is 0 Å². The van der Waals surface area contributed by atoms with Crippen molar-refractivity contribution < 1.29 is 14.3 Å². The molecular weight excluding hydrogens is 364 g/mol. The zero-order valence-electron chi connectivity index (χ0n) is 16.3. The maximum Gasteiger partial charge on any atom is 0.407 e. The molecule has 0 aromatic heterocycles. The Balaban J connectivity index is 1.46. The van der Waals surface area contributed by atoms with Crippen LogP contribution in [0.1, 0.15) is 17.5 Å². The molecule has 29 heavy (non-hydrogen) atoms. The molecule has 5 nitrogen and oxygen atoms in total. The van der Waals surface area contributed by atoms with Crippen LogP contribution < -0.4 is 15.8 Å². The van der Waals surface area contributed by atoms with Crippen LogP contribution in [0.25, 0.3) is 11.1 Å². The van der Waals surface area contributed by atoms with Gasteiger partial charge < -0.3 is 20.5 Å². The zero-order valence-corrected chi connectivity index (χ0v) is 16.3. The zero-order chi connectivity index (χ0) is 20.3. The van der Waals surface area contributed by atoms with E-state index in [4.69, 9.17) is 15.2 Å². The third-order valence-corrected chi connectivity index (χ3v) is 4.43. The number of rotatable bonds is 9. The second-order valence-corrected chi connectivity index (χ2v) is 6.59. The Bertz CT molecular complexity index is 899. The van der Waals surface area contributed by atoms with Crippen molar-refractivity contribution in [2.45, 2.75) is 19.6 Å². The van der Waals surface area contributed by atoms with Crippen LogP contribution in [0, 0.1) is 0 Å². The minimum absolute atomic E-state index is 0.259. The summed E-state index contributed by atoms with van der Waals surface area (Å²) in [5, 5.41) is 2.75. The number of hydrogen-bond acceptors (Lipinski definition) is 4. The van der Waals surface area contributed by atoms with Crippen LogP contribution in [0.2, 0.25) is 0 Å². The van der Waals surface area contributed by atoms with Crippen LogP contribution in [0.4, 0.5) is 4.79 Å². The first kappa shape index (κ1) is 20.4. The summed E-state index contributed by atoms with van der Waals surface area (Å²) >= 11 is 0. The maximum atomic E-state index is 11.8. The van der Waals surface area contributed by atoms with Crippen LogP contribution in [0.15, 0.2) is 78.9 Å². The summed E-state index contributed by atoms with van der Waals surface area (Å²) in [6.07, 6.45) is 0.241. The first-order valence-electron chi connectivity index (χ1n) is 9.72. The number of amides is 1. The van der Waals surface area contributed by atoms with Gasteiger partial charge in [0.2, 0.25) is 0 Å². The van der Waals surface area contributed by atoms with Gasteiger partial charge in [-0.2, -0.15) is 0 Å². The molecule has 0 fully saturated rings. The van der Waals surface area contributed by atoms with Gasteiger partial charge >= 0.3 is 6.09 Å².